The molecule has 0 spiro atoms. The summed E-state index contributed by atoms with van der Waals surface area (Å²) in [6.07, 6.45) is 1.98. The molecule has 6 heteroatoms. The van der Waals surface area contributed by atoms with Crippen molar-refractivity contribution in [3.8, 4) is 17.1 Å². The molecule has 0 aliphatic rings. The van der Waals surface area contributed by atoms with Crippen molar-refractivity contribution in [1.29, 1.82) is 0 Å². The fourth-order valence-corrected chi connectivity index (χ4v) is 3.47. The molecule has 6 nitrogen and oxygen atoms in total. The minimum Gasteiger partial charge on any atom is -0.480 e. The summed E-state index contributed by atoms with van der Waals surface area (Å²) in [5.74, 6) is 0.868. The Kier molecular flexibility index (Phi) is 5.40. The van der Waals surface area contributed by atoms with Crippen molar-refractivity contribution in [1.82, 2.24) is 19.9 Å². The molecule has 1 unspecified atom stereocenters. The number of aryl methyl sites for hydroxylation is 2. The average molecular weight is 380 g/mol. The lowest BCUT2D eigenvalue weighted by Crippen LogP contribution is -2.27. The molecule has 3 aromatic rings. The van der Waals surface area contributed by atoms with Gasteiger partial charge >= 0.3 is 0 Å². The average Bonchev–Trinajstić information content (AvgIpc) is 3.00. The molecule has 28 heavy (non-hydrogen) atoms. The van der Waals surface area contributed by atoms with Crippen molar-refractivity contribution < 1.29 is 9.53 Å². The fraction of sp³-hybridized carbons (Fsp3) is 0.409. The van der Waals surface area contributed by atoms with Gasteiger partial charge in [-0.25, -0.2) is 9.97 Å². The minimum atomic E-state index is -0.310. The van der Waals surface area contributed by atoms with Crippen LogP contribution in [0.15, 0.2) is 24.4 Å². The van der Waals surface area contributed by atoms with E-state index in [0.29, 0.717) is 11.8 Å². The molecular weight excluding hydrogens is 352 g/mol. The second-order valence-electron chi connectivity index (χ2n) is 7.48. The SMILES string of the molecule is CNC(=O)C(C)n1cc(C)c2nc(-c3ccc(C(C)C)nc3OC)c(C)cc21. The lowest BCUT2D eigenvalue weighted by Gasteiger charge is -2.15. The van der Waals surface area contributed by atoms with Crippen LogP contribution in [0.4, 0.5) is 0 Å². The first-order chi connectivity index (χ1) is 13.3. The summed E-state index contributed by atoms with van der Waals surface area (Å²) < 4.78 is 7.54. The number of hydrogen-bond donors (Lipinski definition) is 1. The van der Waals surface area contributed by atoms with Crippen molar-refractivity contribution in [2.75, 3.05) is 14.2 Å². The van der Waals surface area contributed by atoms with Crippen LogP contribution in [0.25, 0.3) is 22.3 Å². The molecule has 3 rings (SSSR count). The third-order valence-electron chi connectivity index (χ3n) is 5.14. The van der Waals surface area contributed by atoms with Crippen LogP contribution in [0.5, 0.6) is 5.88 Å². The number of amides is 1. The Balaban J connectivity index is 2.19. The maximum atomic E-state index is 12.1. The second-order valence-corrected chi connectivity index (χ2v) is 7.48. The van der Waals surface area contributed by atoms with Crippen molar-refractivity contribution in [2.24, 2.45) is 0 Å². The highest BCUT2D eigenvalue weighted by Crippen LogP contribution is 2.34. The van der Waals surface area contributed by atoms with Crippen LogP contribution in [0.1, 0.15) is 49.6 Å². The Hall–Kier alpha value is -2.89. The van der Waals surface area contributed by atoms with Crippen LogP contribution >= 0.6 is 0 Å². The summed E-state index contributed by atoms with van der Waals surface area (Å²) in [6, 6.07) is 5.83. The molecule has 0 fully saturated rings. The van der Waals surface area contributed by atoms with E-state index in [1.54, 1.807) is 14.2 Å². The maximum absolute atomic E-state index is 12.1. The summed E-state index contributed by atoms with van der Waals surface area (Å²) in [4.78, 5) is 21.7. The second kappa shape index (κ2) is 7.62. The highest BCUT2D eigenvalue weighted by molar-refractivity contribution is 5.88. The highest BCUT2D eigenvalue weighted by Gasteiger charge is 2.20. The van der Waals surface area contributed by atoms with Gasteiger partial charge in [0.2, 0.25) is 11.8 Å². The van der Waals surface area contributed by atoms with Gasteiger partial charge in [0.15, 0.2) is 0 Å². The topological polar surface area (TPSA) is 69.0 Å². The van der Waals surface area contributed by atoms with Crippen LogP contribution in [0.3, 0.4) is 0 Å². The first kappa shape index (κ1) is 19.9. The van der Waals surface area contributed by atoms with Gasteiger partial charge in [-0.2, -0.15) is 0 Å². The fourth-order valence-electron chi connectivity index (χ4n) is 3.47. The predicted molar refractivity (Wildman–Crippen MR) is 112 cm³/mol. The summed E-state index contributed by atoms with van der Waals surface area (Å²) in [5.41, 5.74) is 6.57. The molecule has 1 N–H and O–H groups in total. The van der Waals surface area contributed by atoms with E-state index < -0.39 is 0 Å². The van der Waals surface area contributed by atoms with Crippen molar-refractivity contribution in [3.05, 3.63) is 41.2 Å². The largest absolute Gasteiger partial charge is 0.480 e. The van der Waals surface area contributed by atoms with Crippen LogP contribution in [-0.2, 0) is 4.79 Å². The number of nitrogens with zero attached hydrogens (tertiary/aromatic N) is 3. The lowest BCUT2D eigenvalue weighted by atomic mass is 10.0. The minimum absolute atomic E-state index is 0.0335. The third-order valence-corrected chi connectivity index (χ3v) is 5.14. The van der Waals surface area contributed by atoms with E-state index in [1.165, 1.54) is 0 Å². The lowest BCUT2D eigenvalue weighted by molar-refractivity contribution is -0.123. The first-order valence-corrected chi connectivity index (χ1v) is 9.54. The smallest absolute Gasteiger partial charge is 0.242 e. The van der Waals surface area contributed by atoms with Crippen molar-refractivity contribution in [2.45, 2.75) is 46.6 Å². The molecule has 0 saturated carbocycles. The van der Waals surface area contributed by atoms with Crippen LogP contribution in [-0.4, -0.2) is 34.6 Å². The molecule has 0 saturated heterocycles. The van der Waals surface area contributed by atoms with Crippen LogP contribution in [0, 0.1) is 13.8 Å². The quantitative estimate of drug-likeness (QED) is 0.722. The van der Waals surface area contributed by atoms with Crippen LogP contribution < -0.4 is 10.1 Å². The number of pyridine rings is 2. The van der Waals surface area contributed by atoms with Crippen molar-refractivity contribution >= 4 is 16.9 Å². The molecule has 1 amide bonds. The standard InChI is InChI=1S/C22H28N4O2/c1-12(2)17-9-8-16(22(24-17)28-7)19-13(3)10-18-20(25-19)14(4)11-26(18)15(5)21(27)23-6/h8-12,15H,1-7H3,(H,23,27). The highest BCUT2D eigenvalue weighted by atomic mass is 16.5. The van der Waals surface area contributed by atoms with E-state index >= 15 is 0 Å². The van der Waals surface area contributed by atoms with Gasteiger partial charge < -0.3 is 14.6 Å². The predicted octanol–water partition coefficient (Wildman–Crippen LogP) is 4.15. The zero-order valence-electron chi connectivity index (χ0n) is 17.6. The van der Waals surface area contributed by atoms with Gasteiger partial charge in [-0.15, -0.1) is 0 Å². The number of aromatic nitrogens is 3. The van der Waals surface area contributed by atoms with Gasteiger partial charge in [-0.1, -0.05) is 13.8 Å². The molecule has 0 aromatic carbocycles. The van der Waals surface area contributed by atoms with E-state index in [9.17, 15) is 4.79 Å². The Morgan fingerprint density at radius 3 is 2.46 bits per heavy atom. The van der Waals surface area contributed by atoms with Gasteiger partial charge in [-0.3, -0.25) is 4.79 Å². The van der Waals surface area contributed by atoms with E-state index in [1.807, 2.05) is 43.7 Å². The molecule has 148 valence electrons. The van der Waals surface area contributed by atoms with E-state index in [0.717, 1.165) is 39.1 Å². The number of methoxy groups -OCH3 is 1. The number of likely N-dealkylation sites (N-methyl/N-ethyl adjacent to an activating group) is 1. The molecule has 0 aliphatic heterocycles. The number of carbonyl (C=O) groups excluding carboxylic acids is 1. The zero-order valence-corrected chi connectivity index (χ0v) is 17.6. The van der Waals surface area contributed by atoms with E-state index in [4.69, 9.17) is 9.72 Å². The molecule has 0 radical (unpaired) electrons. The molecule has 1 atom stereocenters. The zero-order chi connectivity index (χ0) is 20.6. The normalized spacial score (nSPS) is 12.4. The number of fused-ring (bicyclic) bond motifs is 1. The van der Waals surface area contributed by atoms with Gasteiger partial charge in [0.05, 0.1) is 29.4 Å². The number of hydrogen-bond acceptors (Lipinski definition) is 4. The Bertz CT molecular complexity index is 1040. The van der Waals surface area contributed by atoms with Gasteiger partial charge in [0.1, 0.15) is 6.04 Å². The molecule has 0 bridgehead atoms. The number of rotatable bonds is 5. The molecule has 3 heterocycles. The molecule has 0 aliphatic carbocycles. The monoisotopic (exact) mass is 380 g/mol. The summed E-state index contributed by atoms with van der Waals surface area (Å²) >= 11 is 0. The Labute approximate surface area is 166 Å². The Morgan fingerprint density at radius 1 is 1.14 bits per heavy atom. The summed E-state index contributed by atoms with van der Waals surface area (Å²) in [5, 5.41) is 2.71. The summed E-state index contributed by atoms with van der Waals surface area (Å²) in [6.45, 7) is 10.1. The van der Waals surface area contributed by atoms with Crippen molar-refractivity contribution in [3.63, 3.8) is 0 Å². The maximum Gasteiger partial charge on any atom is 0.242 e. The molecule has 3 aromatic heterocycles. The van der Waals surface area contributed by atoms with Gasteiger partial charge in [0, 0.05) is 18.9 Å². The number of ether oxygens (including phenoxy) is 1. The third kappa shape index (κ3) is 3.35. The van der Waals surface area contributed by atoms with Gasteiger partial charge in [-0.05, 0) is 56.0 Å². The first-order valence-electron chi connectivity index (χ1n) is 9.54. The Morgan fingerprint density at radius 2 is 1.86 bits per heavy atom. The number of nitrogens with one attached hydrogen (secondary N) is 1. The van der Waals surface area contributed by atoms with Crippen LogP contribution in [0.2, 0.25) is 0 Å². The number of carbonyl (C=O) groups is 1. The van der Waals surface area contributed by atoms with E-state index in [-0.39, 0.29) is 11.9 Å². The van der Waals surface area contributed by atoms with E-state index in [2.05, 4.69) is 30.2 Å². The summed E-state index contributed by atoms with van der Waals surface area (Å²) in [7, 11) is 3.29. The van der Waals surface area contributed by atoms with Gasteiger partial charge in [0.25, 0.3) is 0 Å². The molecular formula is C22H28N4O2.